The van der Waals surface area contributed by atoms with Crippen LogP contribution < -0.4 is 5.73 Å². The van der Waals surface area contributed by atoms with E-state index in [9.17, 15) is 0 Å². The number of benzene rings is 1. The first kappa shape index (κ1) is 10.1. The van der Waals surface area contributed by atoms with Crippen molar-refractivity contribution in [3.8, 4) is 0 Å². The number of aromatic nitrogens is 2. The van der Waals surface area contributed by atoms with Gasteiger partial charge in [0.15, 0.2) is 0 Å². The summed E-state index contributed by atoms with van der Waals surface area (Å²) in [5, 5.41) is 9.60. The van der Waals surface area contributed by atoms with Crippen molar-refractivity contribution >= 4 is 40.2 Å². The Labute approximate surface area is 96.2 Å². The first-order chi connectivity index (χ1) is 7.24. The zero-order chi connectivity index (χ0) is 10.7. The molecule has 0 spiro atoms. The third kappa shape index (κ3) is 2.78. The second-order valence-electron chi connectivity index (χ2n) is 2.86. The van der Waals surface area contributed by atoms with Gasteiger partial charge < -0.3 is 5.73 Å². The molecule has 0 bridgehead atoms. The molecule has 1 heterocycles. The minimum absolute atomic E-state index is 0.478. The number of halogens is 1. The highest BCUT2D eigenvalue weighted by Crippen LogP contribution is 2.15. The highest BCUT2D eigenvalue weighted by atomic mass is 35.5. The number of hydrogen-bond acceptors (Lipinski definition) is 4. The van der Waals surface area contributed by atoms with E-state index < -0.39 is 0 Å². The SMILES string of the molecule is Nc1nnc(/C=C/c2ccc(Cl)cc2)s1. The molecule has 0 aliphatic heterocycles. The summed E-state index contributed by atoms with van der Waals surface area (Å²) in [5.74, 6) is 0. The summed E-state index contributed by atoms with van der Waals surface area (Å²) >= 11 is 7.12. The molecule has 0 aliphatic rings. The number of hydrogen-bond donors (Lipinski definition) is 1. The number of nitrogens with two attached hydrogens (primary N) is 1. The predicted molar refractivity (Wildman–Crippen MR) is 64.7 cm³/mol. The van der Waals surface area contributed by atoms with E-state index in [1.54, 1.807) is 0 Å². The monoisotopic (exact) mass is 237 g/mol. The van der Waals surface area contributed by atoms with Gasteiger partial charge in [-0.3, -0.25) is 0 Å². The lowest BCUT2D eigenvalue weighted by Gasteiger charge is -1.91. The zero-order valence-corrected chi connectivity index (χ0v) is 9.29. The fraction of sp³-hybridized carbons (Fsp3) is 0. The van der Waals surface area contributed by atoms with Crippen LogP contribution in [0, 0.1) is 0 Å². The summed E-state index contributed by atoms with van der Waals surface area (Å²) in [7, 11) is 0. The molecule has 2 rings (SSSR count). The fourth-order valence-corrected chi connectivity index (χ4v) is 1.69. The van der Waals surface area contributed by atoms with E-state index in [2.05, 4.69) is 10.2 Å². The van der Waals surface area contributed by atoms with Crippen molar-refractivity contribution in [1.29, 1.82) is 0 Å². The number of nitrogens with zero attached hydrogens (tertiary/aromatic N) is 2. The molecule has 0 fully saturated rings. The van der Waals surface area contributed by atoms with Crippen LogP contribution in [0.5, 0.6) is 0 Å². The summed E-state index contributed by atoms with van der Waals surface area (Å²) in [6.07, 6.45) is 3.81. The Bertz CT molecular complexity index is 476. The normalized spacial score (nSPS) is 11.0. The quantitative estimate of drug-likeness (QED) is 0.874. The molecule has 0 unspecified atom stereocenters. The van der Waals surface area contributed by atoms with Gasteiger partial charge in [0, 0.05) is 5.02 Å². The van der Waals surface area contributed by atoms with Crippen LogP contribution in [0.15, 0.2) is 24.3 Å². The van der Waals surface area contributed by atoms with Crippen molar-refractivity contribution in [3.63, 3.8) is 0 Å². The van der Waals surface area contributed by atoms with Crippen LogP contribution in [0.2, 0.25) is 5.02 Å². The van der Waals surface area contributed by atoms with Crippen LogP contribution in [-0.2, 0) is 0 Å². The van der Waals surface area contributed by atoms with E-state index in [-0.39, 0.29) is 0 Å². The maximum Gasteiger partial charge on any atom is 0.203 e. The highest BCUT2D eigenvalue weighted by molar-refractivity contribution is 7.15. The van der Waals surface area contributed by atoms with E-state index in [1.165, 1.54) is 11.3 Å². The summed E-state index contributed by atoms with van der Waals surface area (Å²) in [5.41, 5.74) is 6.52. The van der Waals surface area contributed by atoms with E-state index in [0.29, 0.717) is 5.13 Å². The molecule has 2 aromatic rings. The molecule has 0 radical (unpaired) electrons. The van der Waals surface area contributed by atoms with E-state index in [4.69, 9.17) is 17.3 Å². The third-order valence-electron chi connectivity index (χ3n) is 1.74. The van der Waals surface area contributed by atoms with Crippen LogP contribution >= 0.6 is 22.9 Å². The second-order valence-corrected chi connectivity index (χ2v) is 4.34. The highest BCUT2D eigenvalue weighted by Gasteiger charge is 1.95. The lowest BCUT2D eigenvalue weighted by Crippen LogP contribution is -1.79. The van der Waals surface area contributed by atoms with Gasteiger partial charge in [0.25, 0.3) is 0 Å². The van der Waals surface area contributed by atoms with Gasteiger partial charge in [0.2, 0.25) is 5.13 Å². The van der Waals surface area contributed by atoms with E-state index in [0.717, 1.165) is 15.6 Å². The van der Waals surface area contributed by atoms with Gasteiger partial charge in [-0.25, -0.2) is 0 Å². The minimum atomic E-state index is 0.478. The Morgan fingerprint density at radius 1 is 1.13 bits per heavy atom. The van der Waals surface area contributed by atoms with Gasteiger partial charge in [0.05, 0.1) is 0 Å². The molecule has 1 aromatic carbocycles. The molecule has 0 amide bonds. The average molecular weight is 238 g/mol. The van der Waals surface area contributed by atoms with Crippen LogP contribution in [0.3, 0.4) is 0 Å². The summed E-state index contributed by atoms with van der Waals surface area (Å²) in [4.78, 5) is 0. The van der Waals surface area contributed by atoms with Gasteiger partial charge in [-0.2, -0.15) is 0 Å². The number of rotatable bonds is 2. The van der Waals surface area contributed by atoms with Crippen molar-refractivity contribution in [2.24, 2.45) is 0 Å². The molecule has 1 aromatic heterocycles. The zero-order valence-electron chi connectivity index (χ0n) is 7.72. The molecule has 3 nitrogen and oxygen atoms in total. The summed E-state index contributed by atoms with van der Waals surface area (Å²) in [6.45, 7) is 0. The maximum absolute atomic E-state index is 5.77. The maximum atomic E-state index is 5.77. The summed E-state index contributed by atoms with van der Waals surface area (Å²) in [6, 6.07) is 7.55. The smallest absolute Gasteiger partial charge is 0.203 e. The molecule has 0 atom stereocenters. The molecule has 2 N–H and O–H groups in total. The lowest BCUT2D eigenvalue weighted by atomic mass is 10.2. The van der Waals surface area contributed by atoms with Gasteiger partial charge in [-0.15, -0.1) is 10.2 Å². The van der Waals surface area contributed by atoms with Gasteiger partial charge >= 0.3 is 0 Å². The molecule has 0 aliphatic carbocycles. The minimum Gasteiger partial charge on any atom is -0.374 e. The fourth-order valence-electron chi connectivity index (χ4n) is 1.06. The first-order valence-electron chi connectivity index (χ1n) is 4.27. The third-order valence-corrected chi connectivity index (χ3v) is 2.71. The summed E-state index contributed by atoms with van der Waals surface area (Å²) < 4.78 is 0. The molecule has 0 saturated heterocycles. The van der Waals surface area contributed by atoms with Crippen molar-refractivity contribution in [2.45, 2.75) is 0 Å². The van der Waals surface area contributed by atoms with Crippen LogP contribution in [0.25, 0.3) is 12.2 Å². The van der Waals surface area contributed by atoms with Crippen molar-refractivity contribution in [1.82, 2.24) is 10.2 Å². The predicted octanol–water partition coefficient (Wildman–Crippen LogP) is 2.94. The Balaban J connectivity index is 2.14. The topological polar surface area (TPSA) is 51.8 Å². The molecule has 0 saturated carbocycles. The lowest BCUT2D eigenvalue weighted by molar-refractivity contribution is 1.09. The molecule has 76 valence electrons. The van der Waals surface area contributed by atoms with Crippen LogP contribution in [0.1, 0.15) is 10.6 Å². The largest absolute Gasteiger partial charge is 0.374 e. The molecule has 5 heteroatoms. The van der Waals surface area contributed by atoms with Gasteiger partial charge in [-0.05, 0) is 23.8 Å². The van der Waals surface area contributed by atoms with Crippen molar-refractivity contribution in [2.75, 3.05) is 5.73 Å². The Morgan fingerprint density at radius 2 is 1.87 bits per heavy atom. The van der Waals surface area contributed by atoms with E-state index in [1.807, 2.05) is 36.4 Å². The Kier molecular flexibility index (Phi) is 2.99. The standard InChI is InChI=1S/C10H8ClN3S/c11-8-4-1-7(2-5-8)3-6-9-13-14-10(12)15-9/h1-6H,(H2,12,14)/b6-3+. The second kappa shape index (κ2) is 4.42. The van der Waals surface area contributed by atoms with Crippen LogP contribution in [0.4, 0.5) is 5.13 Å². The van der Waals surface area contributed by atoms with E-state index >= 15 is 0 Å². The average Bonchev–Trinajstić information content (AvgIpc) is 2.64. The molecular weight excluding hydrogens is 230 g/mol. The Morgan fingerprint density at radius 3 is 2.47 bits per heavy atom. The molecule has 15 heavy (non-hydrogen) atoms. The number of nitrogen functional groups attached to an aromatic ring is 1. The van der Waals surface area contributed by atoms with Crippen LogP contribution in [-0.4, -0.2) is 10.2 Å². The van der Waals surface area contributed by atoms with Crippen molar-refractivity contribution in [3.05, 3.63) is 39.9 Å². The molecular formula is C10H8ClN3S. The number of anilines is 1. The Hall–Kier alpha value is -1.39. The first-order valence-corrected chi connectivity index (χ1v) is 5.46. The van der Waals surface area contributed by atoms with Gasteiger partial charge in [-0.1, -0.05) is 41.1 Å². The van der Waals surface area contributed by atoms with Gasteiger partial charge in [0.1, 0.15) is 5.01 Å². The van der Waals surface area contributed by atoms with Crippen molar-refractivity contribution < 1.29 is 0 Å².